The van der Waals surface area contributed by atoms with Gasteiger partial charge in [0.25, 0.3) is 0 Å². The third-order valence-electron chi connectivity index (χ3n) is 3.87. The Labute approximate surface area is 117 Å². The minimum atomic E-state index is -0.939. The molecule has 0 unspecified atom stereocenters. The molecule has 2 N–H and O–H groups in total. The summed E-state index contributed by atoms with van der Waals surface area (Å²) in [6, 6.07) is -1.02. The summed E-state index contributed by atoms with van der Waals surface area (Å²) < 4.78 is 1.77. The lowest BCUT2D eigenvalue weighted by atomic mass is 10.2. The minimum absolute atomic E-state index is 0.322. The van der Waals surface area contributed by atoms with Gasteiger partial charge < -0.3 is 15.3 Å². The highest BCUT2D eigenvalue weighted by molar-refractivity contribution is 5.83. The Kier molecular flexibility index (Phi) is 3.96. The zero-order valence-corrected chi connectivity index (χ0v) is 12.0. The number of hydrogen-bond acceptors (Lipinski definition) is 3. The molecule has 0 bridgehead atoms. The number of nitrogens with zero attached hydrogens (tertiary/aromatic N) is 3. The van der Waals surface area contributed by atoms with Crippen molar-refractivity contribution in [2.75, 3.05) is 6.54 Å². The second-order valence-corrected chi connectivity index (χ2v) is 5.12. The molecule has 20 heavy (non-hydrogen) atoms. The maximum absolute atomic E-state index is 12.1. The Morgan fingerprint density at radius 1 is 1.45 bits per heavy atom. The van der Waals surface area contributed by atoms with Crippen molar-refractivity contribution in [3.8, 4) is 0 Å². The molecular weight excluding hydrogens is 260 g/mol. The van der Waals surface area contributed by atoms with Gasteiger partial charge in [0.15, 0.2) is 0 Å². The Balaban J connectivity index is 2.00. The smallest absolute Gasteiger partial charge is 0.326 e. The number of carbonyl (C=O) groups excluding carboxylic acids is 1. The number of rotatable bonds is 3. The van der Waals surface area contributed by atoms with Crippen LogP contribution >= 0.6 is 0 Å². The van der Waals surface area contributed by atoms with Crippen molar-refractivity contribution >= 4 is 12.0 Å². The normalized spacial score (nSPS) is 18.4. The third kappa shape index (κ3) is 2.61. The average Bonchev–Trinajstić information content (AvgIpc) is 2.95. The van der Waals surface area contributed by atoms with Gasteiger partial charge in [-0.3, -0.25) is 4.68 Å². The first kappa shape index (κ1) is 14.4. The molecule has 2 heterocycles. The summed E-state index contributed by atoms with van der Waals surface area (Å²) in [5.41, 5.74) is 2.85. The summed E-state index contributed by atoms with van der Waals surface area (Å²) in [5, 5.41) is 16.2. The zero-order chi connectivity index (χ0) is 14.9. The lowest BCUT2D eigenvalue weighted by Gasteiger charge is -2.21. The first-order valence-corrected chi connectivity index (χ1v) is 6.68. The molecule has 1 aliphatic heterocycles. The number of aryl methyl sites for hydroxylation is 2. The zero-order valence-electron chi connectivity index (χ0n) is 12.0. The van der Waals surface area contributed by atoms with E-state index in [-0.39, 0.29) is 6.03 Å². The SMILES string of the molecule is Cc1nn(C)c(C)c1CNC(=O)N1CCC[C@H]1C(=O)O. The highest BCUT2D eigenvalue weighted by Gasteiger charge is 2.33. The van der Waals surface area contributed by atoms with Gasteiger partial charge in [0.2, 0.25) is 0 Å². The van der Waals surface area contributed by atoms with Crippen LogP contribution in [0.25, 0.3) is 0 Å². The van der Waals surface area contributed by atoms with Crippen LogP contribution in [0, 0.1) is 13.8 Å². The molecule has 0 aromatic carbocycles. The van der Waals surface area contributed by atoms with Crippen LogP contribution in [0.2, 0.25) is 0 Å². The van der Waals surface area contributed by atoms with E-state index in [0.717, 1.165) is 23.4 Å². The quantitative estimate of drug-likeness (QED) is 0.857. The number of aliphatic carboxylic acids is 1. The van der Waals surface area contributed by atoms with Crippen molar-refractivity contribution in [2.45, 2.75) is 39.3 Å². The van der Waals surface area contributed by atoms with Crippen molar-refractivity contribution in [3.05, 3.63) is 17.0 Å². The molecule has 1 aromatic rings. The fourth-order valence-electron chi connectivity index (χ4n) is 2.61. The molecule has 2 amide bonds. The maximum Gasteiger partial charge on any atom is 0.326 e. The molecule has 7 nitrogen and oxygen atoms in total. The fourth-order valence-corrected chi connectivity index (χ4v) is 2.61. The van der Waals surface area contributed by atoms with E-state index in [0.29, 0.717) is 19.5 Å². The fraction of sp³-hybridized carbons (Fsp3) is 0.615. The summed E-state index contributed by atoms with van der Waals surface area (Å²) in [5.74, 6) is -0.939. The van der Waals surface area contributed by atoms with Gasteiger partial charge in [0.05, 0.1) is 5.69 Å². The minimum Gasteiger partial charge on any atom is -0.480 e. The second kappa shape index (κ2) is 5.52. The summed E-state index contributed by atoms with van der Waals surface area (Å²) in [4.78, 5) is 24.5. The van der Waals surface area contributed by atoms with E-state index >= 15 is 0 Å². The van der Waals surface area contributed by atoms with Gasteiger partial charge in [-0.15, -0.1) is 0 Å². The van der Waals surface area contributed by atoms with E-state index in [9.17, 15) is 9.59 Å². The molecule has 1 fully saturated rings. The summed E-state index contributed by atoms with van der Waals surface area (Å²) in [6.07, 6.45) is 1.25. The Morgan fingerprint density at radius 3 is 2.70 bits per heavy atom. The Hall–Kier alpha value is -2.05. The number of carboxylic acid groups (broad SMARTS) is 1. The maximum atomic E-state index is 12.1. The number of urea groups is 1. The number of carboxylic acids is 1. The number of amides is 2. The van der Waals surface area contributed by atoms with Crippen molar-refractivity contribution in [2.24, 2.45) is 7.05 Å². The highest BCUT2D eigenvalue weighted by atomic mass is 16.4. The molecule has 1 atom stereocenters. The monoisotopic (exact) mass is 280 g/mol. The van der Waals surface area contributed by atoms with Crippen molar-refractivity contribution in [1.29, 1.82) is 0 Å². The van der Waals surface area contributed by atoms with Crippen molar-refractivity contribution < 1.29 is 14.7 Å². The molecule has 0 radical (unpaired) electrons. The van der Waals surface area contributed by atoms with E-state index < -0.39 is 12.0 Å². The average molecular weight is 280 g/mol. The van der Waals surface area contributed by atoms with Crippen LogP contribution < -0.4 is 5.32 Å². The molecule has 0 saturated carbocycles. The molecule has 1 aliphatic rings. The topological polar surface area (TPSA) is 87.5 Å². The van der Waals surface area contributed by atoms with E-state index in [4.69, 9.17) is 5.11 Å². The number of carbonyl (C=O) groups is 2. The lowest BCUT2D eigenvalue weighted by Crippen LogP contribution is -2.45. The van der Waals surface area contributed by atoms with Crippen molar-refractivity contribution in [1.82, 2.24) is 20.0 Å². The first-order valence-electron chi connectivity index (χ1n) is 6.68. The van der Waals surface area contributed by atoms with Gasteiger partial charge in [-0.05, 0) is 26.7 Å². The number of aromatic nitrogens is 2. The van der Waals surface area contributed by atoms with Crippen LogP contribution in [-0.4, -0.2) is 44.4 Å². The van der Waals surface area contributed by atoms with Crippen LogP contribution in [-0.2, 0) is 18.4 Å². The molecule has 110 valence electrons. The molecule has 0 aliphatic carbocycles. The molecule has 7 heteroatoms. The second-order valence-electron chi connectivity index (χ2n) is 5.12. The third-order valence-corrected chi connectivity index (χ3v) is 3.87. The predicted molar refractivity (Wildman–Crippen MR) is 72.3 cm³/mol. The van der Waals surface area contributed by atoms with Crippen LogP contribution in [0.3, 0.4) is 0 Å². The van der Waals surface area contributed by atoms with Crippen LogP contribution in [0.15, 0.2) is 0 Å². The van der Waals surface area contributed by atoms with Crippen LogP contribution in [0.1, 0.15) is 29.8 Å². The van der Waals surface area contributed by atoms with Crippen molar-refractivity contribution in [3.63, 3.8) is 0 Å². The highest BCUT2D eigenvalue weighted by Crippen LogP contribution is 2.18. The number of likely N-dealkylation sites (tertiary alicyclic amines) is 1. The lowest BCUT2D eigenvalue weighted by molar-refractivity contribution is -0.141. The van der Waals surface area contributed by atoms with Gasteiger partial charge in [0.1, 0.15) is 6.04 Å². The number of nitrogens with one attached hydrogen (secondary N) is 1. The Morgan fingerprint density at radius 2 is 2.15 bits per heavy atom. The molecule has 1 aromatic heterocycles. The summed E-state index contributed by atoms with van der Waals surface area (Å²) >= 11 is 0. The van der Waals surface area contributed by atoms with E-state index in [1.165, 1.54) is 4.90 Å². The first-order chi connectivity index (χ1) is 9.41. The van der Waals surface area contributed by atoms with Gasteiger partial charge in [-0.1, -0.05) is 0 Å². The predicted octanol–water partition coefficient (Wildman–Crippen LogP) is 0.796. The standard InChI is InChI=1S/C13H20N4O3/c1-8-10(9(2)16(3)15-8)7-14-13(20)17-6-4-5-11(17)12(18)19/h11H,4-7H2,1-3H3,(H,14,20)(H,18,19)/t11-/m0/s1. The molecular formula is C13H20N4O3. The van der Waals surface area contributed by atoms with Crippen LogP contribution in [0.4, 0.5) is 4.79 Å². The van der Waals surface area contributed by atoms with Gasteiger partial charge >= 0.3 is 12.0 Å². The molecule has 2 rings (SSSR count). The van der Waals surface area contributed by atoms with E-state index in [2.05, 4.69) is 10.4 Å². The molecule has 1 saturated heterocycles. The summed E-state index contributed by atoms with van der Waals surface area (Å²) in [6.45, 7) is 4.70. The van der Waals surface area contributed by atoms with Gasteiger partial charge in [0, 0.05) is 31.4 Å². The molecule has 0 spiro atoms. The summed E-state index contributed by atoms with van der Waals surface area (Å²) in [7, 11) is 1.86. The Bertz CT molecular complexity index is 538. The van der Waals surface area contributed by atoms with E-state index in [1.807, 2.05) is 20.9 Å². The number of hydrogen-bond donors (Lipinski definition) is 2. The van der Waals surface area contributed by atoms with Gasteiger partial charge in [-0.2, -0.15) is 5.10 Å². The van der Waals surface area contributed by atoms with Crippen LogP contribution in [0.5, 0.6) is 0 Å². The largest absolute Gasteiger partial charge is 0.480 e. The van der Waals surface area contributed by atoms with E-state index in [1.54, 1.807) is 4.68 Å². The van der Waals surface area contributed by atoms with Gasteiger partial charge in [-0.25, -0.2) is 9.59 Å².